The standard InChI is InChI=1S/C29H34N6O3/c1-18-12-21(13-19(2)22(18)8-11-31-16-25(36)37)27-32-28(38-34-27)26-23-7-9-29(3,4)14-24(23)35(33-26)17-20-6-5-10-30-15-20/h5-6,10,12-13,15,31H,7-9,11,14,16-17H2,1-4H3,(H,36,37). The molecule has 0 fully saturated rings. The third-order valence-electron chi connectivity index (χ3n) is 7.33. The van der Waals surface area contributed by atoms with Crippen LogP contribution in [-0.4, -0.2) is 49.1 Å². The second-order valence-corrected chi connectivity index (χ2v) is 11.0. The Morgan fingerprint density at radius 3 is 2.74 bits per heavy atom. The molecule has 5 rings (SSSR count). The summed E-state index contributed by atoms with van der Waals surface area (Å²) < 4.78 is 7.86. The van der Waals surface area contributed by atoms with Crippen molar-refractivity contribution in [3.63, 3.8) is 0 Å². The summed E-state index contributed by atoms with van der Waals surface area (Å²) in [5, 5.41) is 21.1. The molecule has 0 radical (unpaired) electrons. The zero-order valence-electron chi connectivity index (χ0n) is 22.4. The Balaban J connectivity index is 1.43. The number of nitrogens with zero attached hydrogens (tertiary/aromatic N) is 5. The Hall–Kier alpha value is -3.85. The quantitative estimate of drug-likeness (QED) is 0.316. The molecule has 0 unspecified atom stereocenters. The first-order valence-electron chi connectivity index (χ1n) is 13.0. The summed E-state index contributed by atoms with van der Waals surface area (Å²) in [5.74, 6) is 0.125. The van der Waals surface area contributed by atoms with Gasteiger partial charge in [-0.05, 0) is 91.9 Å². The highest BCUT2D eigenvalue weighted by molar-refractivity contribution is 5.69. The molecule has 198 valence electrons. The van der Waals surface area contributed by atoms with Gasteiger partial charge < -0.3 is 14.9 Å². The minimum Gasteiger partial charge on any atom is -0.480 e. The maximum Gasteiger partial charge on any atom is 0.317 e. The van der Waals surface area contributed by atoms with E-state index >= 15 is 0 Å². The zero-order chi connectivity index (χ0) is 26.9. The lowest BCUT2D eigenvalue weighted by molar-refractivity contribution is -0.135. The molecule has 0 atom stereocenters. The van der Waals surface area contributed by atoms with E-state index in [0.29, 0.717) is 24.8 Å². The molecular formula is C29H34N6O3. The summed E-state index contributed by atoms with van der Waals surface area (Å²) in [5.41, 5.74) is 8.82. The van der Waals surface area contributed by atoms with E-state index in [2.05, 4.69) is 66.0 Å². The Kier molecular flexibility index (Phi) is 7.12. The smallest absolute Gasteiger partial charge is 0.317 e. The van der Waals surface area contributed by atoms with Crippen LogP contribution in [0.3, 0.4) is 0 Å². The average Bonchev–Trinajstić information content (AvgIpc) is 3.48. The fraction of sp³-hybridized carbons (Fsp3) is 0.414. The highest BCUT2D eigenvalue weighted by Gasteiger charge is 2.33. The lowest BCUT2D eigenvalue weighted by Crippen LogP contribution is -2.25. The molecule has 4 aromatic rings. The van der Waals surface area contributed by atoms with Crippen molar-refractivity contribution >= 4 is 5.97 Å². The molecule has 38 heavy (non-hydrogen) atoms. The first-order chi connectivity index (χ1) is 18.2. The van der Waals surface area contributed by atoms with E-state index in [9.17, 15) is 4.79 Å². The Morgan fingerprint density at radius 1 is 1.24 bits per heavy atom. The van der Waals surface area contributed by atoms with E-state index in [1.807, 2.05) is 12.3 Å². The minimum absolute atomic E-state index is 0.0407. The maximum absolute atomic E-state index is 10.7. The van der Waals surface area contributed by atoms with Crippen molar-refractivity contribution < 1.29 is 14.4 Å². The van der Waals surface area contributed by atoms with Gasteiger partial charge in [-0.2, -0.15) is 10.1 Å². The largest absolute Gasteiger partial charge is 0.480 e. The topological polar surface area (TPSA) is 119 Å². The van der Waals surface area contributed by atoms with Crippen LogP contribution in [0, 0.1) is 19.3 Å². The van der Waals surface area contributed by atoms with Crippen LogP contribution in [0.1, 0.15) is 53.8 Å². The Labute approximate surface area is 222 Å². The van der Waals surface area contributed by atoms with Crippen LogP contribution in [0.5, 0.6) is 0 Å². The number of pyridine rings is 1. The third kappa shape index (κ3) is 5.52. The van der Waals surface area contributed by atoms with Gasteiger partial charge in [0.05, 0.1) is 13.1 Å². The molecule has 9 nitrogen and oxygen atoms in total. The van der Waals surface area contributed by atoms with Crippen molar-refractivity contribution in [1.82, 2.24) is 30.2 Å². The number of aromatic nitrogens is 5. The fourth-order valence-electron chi connectivity index (χ4n) is 5.33. The molecule has 9 heteroatoms. The van der Waals surface area contributed by atoms with Gasteiger partial charge in [-0.15, -0.1) is 0 Å². The second-order valence-electron chi connectivity index (χ2n) is 11.0. The molecule has 1 aliphatic carbocycles. The average molecular weight is 515 g/mol. The molecule has 3 aromatic heterocycles. The van der Waals surface area contributed by atoms with Gasteiger partial charge in [-0.1, -0.05) is 25.1 Å². The van der Waals surface area contributed by atoms with Crippen LogP contribution in [0.25, 0.3) is 23.0 Å². The summed E-state index contributed by atoms with van der Waals surface area (Å²) in [6, 6.07) is 8.14. The van der Waals surface area contributed by atoms with Crippen LogP contribution >= 0.6 is 0 Å². The van der Waals surface area contributed by atoms with Crippen LogP contribution < -0.4 is 5.32 Å². The number of benzene rings is 1. The van der Waals surface area contributed by atoms with E-state index in [1.165, 1.54) is 16.8 Å². The van der Waals surface area contributed by atoms with Gasteiger partial charge in [0.1, 0.15) is 0 Å². The Morgan fingerprint density at radius 2 is 2.03 bits per heavy atom. The predicted molar refractivity (Wildman–Crippen MR) is 144 cm³/mol. The number of fused-ring (bicyclic) bond motifs is 1. The molecule has 0 saturated carbocycles. The summed E-state index contributed by atoms with van der Waals surface area (Å²) >= 11 is 0. The van der Waals surface area contributed by atoms with Crippen LogP contribution in [0.2, 0.25) is 0 Å². The van der Waals surface area contributed by atoms with E-state index in [0.717, 1.165) is 53.6 Å². The van der Waals surface area contributed by atoms with E-state index in [1.54, 1.807) is 6.20 Å². The number of aliphatic carboxylic acids is 1. The van der Waals surface area contributed by atoms with Crippen LogP contribution in [-0.2, 0) is 30.6 Å². The van der Waals surface area contributed by atoms with Crippen molar-refractivity contribution in [1.29, 1.82) is 0 Å². The summed E-state index contributed by atoms with van der Waals surface area (Å²) in [6.07, 6.45) is 7.35. The van der Waals surface area contributed by atoms with Crippen molar-refractivity contribution in [3.8, 4) is 23.0 Å². The molecule has 0 saturated heterocycles. The molecule has 1 aliphatic rings. The predicted octanol–water partition coefficient (Wildman–Crippen LogP) is 4.39. The zero-order valence-corrected chi connectivity index (χ0v) is 22.4. The fourth-order valence-corrected chi connectivity index (χ4v) is 5.33. The van der Waals surface area contributed by atoms with Crippen molar-refractivity contribution in [3.05, 3.63) is 70.2 Å². The number of carboxylic acids is 1. The van der Waals surface area contributed by atoms with E-state index in [4.69, 9.17) is 19.7 Å². The first kappa shape index (κ1) is 25.8. The molecule has 0 bridgehead atoms. The van der Waals surface area contributed by atoms with Crippen molar-refractivity contribution in [2.45, 2.75) is 59.9 Å². The van der Waals surface area contributed by atoms with Gasteiger partial charge in [0, 0.05) is 29.2 Å². The minimum atomic E-state index is -0.853. The molecule has 0 spiro atoms. The van der Waals surface area contributed by atoms with Crippen molar-refractivity contribution in [2.75, 3.05) is 13.1 Å². The number of rotatable bonds is 9. The lowest BCUT2D eigenvalue weighted by atomic mass is 9.76. The van der Waals surface area contributed by atoms with E-state index in [-0.39, 0.29) is 12.0 Å². The number of nitrogens with one attached hydrogen (secondary N) is 1. The normalized spacial score (nSPS) is 14.4. The van der Waals surface area contributed by atoms with Crippen LogP contribution in [0.4, 0.5) is 0 Å². The SMILES string of the molecule is Cc1cc(-c2noc(-c3nn(Cc4cccnc4)c4c3CCC(C)(C)C4)n2)cc(C)c1CCNCC(=O)O. The highest BCUT2D eigenvalue weighted by atomic mass is 16.5. The van der Waals surface area contributed by atoms with Gasteiger partial charge in [-0.25, -0.2) is 0 Å². The van der Waals surface area contributed by atoms with Gasteiger partial charge in [0.25, 0.3) is 5.89 Å². The molecular weight excluding hydrogens is 480 g/mol. The number of hydrogen-bond acceptors (Lipinski definition) is 7. The maximum atomic E-state index is 10.7. The molecule has 2 N–H and O–H groups in total. The number of carboxylic acid groups (broad SMARTS) is 1. The third-order valence-corrected chi connectivity index (χ3v) is 7.33. The number of aryl methyl sites for hydroxylation is 2. The van der Waals surface area contributed by atoms with Gasteiger partial charge in [0.2, 0.25) is 5.82 Å². The van der Waals surface area contributed by atoms with Gasteiger partial charge in [0.15, 0.2) is 5.69 Å². The monoisotopic (exact) mass is 514 g/mol. The molecule has 1 aromatic carbocycles. The highest BCUT2D eigenvalue weighted by Crippen LogP contribution is 2.39. The van der Waals surface area contributed by atoms with Gasteiger partial charge in [-0.3, -0.25) is 14.5 Å². The molecule has 0 amide bonds. The van der Waals surface area contributed by atoms with Crippen LogP contribution in [0.15, 0.2) is 41.2 Å². The Bertz CT molecular complexity index is 1430. The second kappa shape index (κ2) is 10.5. The number of hydrogen-bond donors (Lipinski definition) is 2. The molecule has 3 heterocycles. The summed E-state index contributed by atoms with van der Waals surface area (Å²) in [4.78, 5) is 19.8. The van der Waals surface area contributed by atoms with E-state index < -0.39 is 5.97 Å². The first-order valence-corrected chi connectivity index (χ1v) is 13.0. The number of carbonyl (C=O) groups is 1. The lowest BCUT2D eigenvalue weighted by Gasteiger charge is -2.30. The summed E-state index contributed by atoms with van der Waals surface area (Å²) in [7, 11) is 0. The molecule has 0 aliphatic heterocycles. The summed E-state index contributed by atoms with van der Waals surface area (Å²) in [6.45, 7) is 9.93. The van der Waals surface area contributed by atoms with Gasteiger partial charge >= 0.3 is 5.97 Å². The van der Waals surface area contributed by atoms with Crippen molar-refractivity contribution in [2.24, 2.45) is 5.41 Å².